The second kappa shape index (κ2) is 7.76. The molecule has 1 aliphatic heterocycles. The molecule has 26 heavy (non-hydrogen) atoms. The molecule has 2 fully saturated rings. The number of nitrogens with zero attached hydrogens (tertiary/aromatic N) is 1. The van der Waals surface area contributed by atoms with E-state index in [1.54, 1.807) is 18.2 Å². The Morgan fingerprint density at radius 2 is 1.73 bits per heavy atom. The zero-order valence-electron chi connectivity index (χ0n) is 14.6. The van der Waals surface area contributed by atoms with Crippen LogP contribution in [-0.4, -0.2) is 51.5 Å². The van der Waals surface area contributed by atoms with Crippen LogP contribution in [0.1, 0.15) is 48.9 Å². The summed E-state index contributed by atoms with van der Waals surface area (Å²) in [5.41, 5.74) is 0.203. The summed E-state index contributed by atoms with van der Waals surface area (Å²) in [6, 6.07) is 5.75. The van der Waals surface area contributed by atoms with Crippen molar-refractivity contribution in [3.63, 3.8) is 0 Å². The Morgan fingerprint density at radius 3 is 2.38 bits per heavy atom. The molecule has 1 saturated heterocycles. The van der Waals surface area contributed by atoms with Crippen LogP contribution >= 0.6 is 0 Å². The zero-order chi connectivity index (χ0) is 18.7. The van der Waals surface area contributed by atoms with Crippen molar-refractivity contribution in [3.8, 4) is 5.75 Å². The molecule has 0 radical (unpaired) electrons. The lowest BCUT2D eigenvalue weighted by Crippen LogP contribution is -2.49. The first-order chi connectivity index (χ1) is 12.5. The number of rotatable bonds is 4. The lowest BCUT2D eigenvalue weighted by atomic mass is 9.86. The number of phenolic OH excluding ortho intramolecular Hbond substituents is 1. The number of carboxylic acid groups (broad SMARTS) is 1. The van der Waals surface area contributed by atoms with Crippen LogP contribution in [0.3, 0.4) is 0 Å². The molecular weight excluding hydrogens is 336 g/mol. The summed E-state index contributed by atoms with van der Waals surface area (Å²) in [5, 5.41) is 21.9. The van der Waals surface area contributed by atoms with Gasteiger partial charge in [-0.1, -0.05) is 12.1 Å². The molecule has 1 aliphatic carbocycles. The van der Waals surface area contributed by atoms with Gasteiger partial charge in [0.1, 0.15) is 11.8 Å². The van der Waals surface area contributed by atoms with Crippen LogP contribution in [-0.2, 0) is 9.59 Å². The minimum Gasteiger partial charge on any atom is -0.507 e. The average Bonchev–Trinajstić information content (AvgIpc) is 3.12. The van der Waals surface area contributed by atoms with Gasteiger partial charge in [0.15, 0.2) is 0 Å². The van der Waals surface area contributed by atoms with Crippen molar-refractivity contribution in [2.75, 3.05) is 6.54 Å². The number of carboxylic acids is 1. The van der Waals surface area contributed by atoms with E-state index in [-0.39, 0.29) is 35.1 Å². The van der Waals surface area contributed by atoms with E-state index < -0.39 is 12.0 Å². The van der Waals surface area contributed by atoms with Crippen LogP contribution in [0.4, 0.5) is 0 Å². The van der Waals surface area contributed by atoms with Crippen molar-refractivity contribution in [3.05, 3.63) is 29.8 Å². The van der Waals surface area contributed by atoms with Gasteiger partial charge >= 0.3 is 5.97 Å². The van der Waals surface area contributed by atoms with Crippen molar-refractivity contribution < 1.29 is 24.6 Å². The van der Waals surface area contributed by atoms with E-state index in [1.807, 2.05) is 0 Å². The van der Waals surface area contributed by atoms with Gasteiger partial charge in [-0.2, -0.15) is 0 Å². The van der Waals surface area contributed by atoms with Crippen molar-refractivity contribution >= 4 is 17.8 Å². The van der Waals surface area contributed by atoms with Gasteiger partial charge in [-0.05, 0) is 50.7 Å². The fourth-order valence-electron chi connectivity index (χ4n) is 3.87. The fraction of sp³-hybridized carbons (Fsp3) is 0.526. The topological polar surface area (TPSA) is 107 Å². The number of likely N-dealkylation sites (tertiary alicyclic amines) is 1. The Labute approximate surface area is 152 Å². The van der Waals surface area contributed by atoms with Crippen LogP contribution in [0.25, 0.3) is 0 Å². The maximum atomic E-state index is 12.7. The van der Waals surface area contributed by atoms with Gasteiger partial charge in [-0.15, -0.1) is 0 Å². The summed E-state index contributed by atoms with van der Waals surface area (Å²) in [6.07, 6.45) is 3.74. The van der Waals surface area contributed by atoms with E-state index in [0.717, 1.165) is 6.42 Å². The number of carbonyl (C=O) groups excluding carboxylic acids is 2. The Kier molecular flexibility index (Phi) is 5.44. The van der Waals surface area contributed by atoms with Crippen LogP contribution in [0.15, 0.2) is 24.3 Å². The summed E-state index contributed by atoms with van der Waals surface area (Å²) in [4.78, 5) is 37.9. The summed E-state index contributed by atoms with van der Waals surface area (Å²) in [7, 11) is 0. The van der Waals surface area contributed by atoms with E-state index in [0.29, 0.717) is 38.6 Å². The van der Waals surface area contributed by atoms with E-state index in [2.05, 4.69) is 5.32 Å². The molecule has 1 aromatic carbocycles. The molecule has 1 atom stereocenters. The number of hydrogen-bond acceptors (Lipinski definition) is 4. The molecule has 0 bridgehead atoms. The first-order valence-electron chi connectivity index (χ1n) is 9.09. The van der Waals surface area contributed by atoms with Gasteiger partial charge in [-0.3, -0.25) is 14.4 Å². The maximum Gasteiger partial charge on any atom is 0.306 e. The molecule has 1 saturated carbocycles. The lowest BCUT2D eigenvalue weighted by Gasteiger charge is -2.30. The molecule has 0 spiro atoms. The van der Waals surface area contributed by atoms with Crippen LogP contribution < -0.4 is 5.32 Å². The Bertz CT molecular complexity index is 697. The van der Waals surface area contributed by atoms with Crippen molar-refractivity contribution in [1.82, 2.24) is 10.2 Å². The number of nitrogens with one attached hydrogen (secondary N) is 1. The summed E-state index contributed by atoms with van der Waals surface area (Å²) in [5.74, 6) is -1.71. The van der Waals surface area contributed by atoms with Crippen molar-refractivity contribution in [2.24, 2.45) is 5.92 Å². The molecule has 2 amide bonds. The third-order valence-electron chi connectivity index (χ3n) is 5.37. The van der Waals surface area contributed by atoms with Gasteiger partial charge in [0.2, 0.25) is 5.91 Å². The summed E-state index contributed by atoms with van der Waals surface area (Å²) >= 11 is 0. The molecule has 7 nitrogen and oxygen atoms in total. The molecular formula is C19H24N2O5. The first-order valence-corrected chi connectivity index (χ1v) is 9.09. The fourth-order valence-corrected chi connectivity index (χ4v) is 3.87. The lowest BCUT2D eigenvalue weighted by molar-refractivity contribution is -0.142. The maximum absolute atomic E-state index is 12.7. The highest BCUT2D eigenvalue weighted by Gasteiger charge is 2.36. The minimum atomic E-state index is -0.773. The van der Waals surface area contributed by atoms with E-state index in [1.165, 1.54) is 11.0 Å². The number of aliphatic carboxylic acids is 1. The molecule has 0 aromatic heterocycles. The average molecular weight is 360 g/mol. The van der Waals surface area contributed by atoms with Crippen LogP contribution in [0.5, 0.6) is 5.75 Å². The second-order valence-electron chi connectivity index (χ2n) is 7.07. The third-order valence-corrected chi connectivity index (χ3v) is 5.37. The van der Waals surface area contributed by atoms with Gasteiger partial charge in [-0.25, -0.2) is 0 Å². The largest absolute Gasteiger partial charge is 0.507 e. The van der Waals surface area contributed by atoms with Crippen LogP contribution in [0, 0.1) is 5.92 Å². The number of phenols is 1. The normalized spacial score (nSPS) is 25.7. The number of benzene rings is 1. The standard InChI is InChI=1S/C19H24N2O5/c22-16-6-2-1-4-14(16)18(24)21-11-3-5-15(21)17(23)20-13-9-7-12(8-10-13)19(25)26/h1-2,4,6,12-13,15,22H,3,5,7-11H2,(H,20,23)(H,25,26). The van der Waals surface area contributed by atoms with E-state index in [4.69, 9.17) is 5.11 Å². The predicted octanol–water partition coefficient (Wildman–Crippen LogP) is 1.76. The van der Waals surface area contributed by atoms with Crippen molar-refractivity contribution in [2.45, 2.75) is 50.6 Å². The molecule has 2 aliphatic rings. The Morgan fingerprint density at radius 1 is 1.04 bits per heavy atom. The monoisotopic (exact) mass is 360 g/mol. The Hall–Kier alpha value is -2.57. The number of amides is 2. The highest BCUT2D eigenvalue weighted by molar-refractivity contribution is 5.99. The van der Waals surface area contributed by atoms with Gasteiger partial charge in [0.05, 0.1) is 11.5 Å². The second-order valence-corrected chi connectivity index (χ2v) is 7.07. The molecule has 1 unspecified atom stereocenters. The Balaban J connectivity index is 1.61. The molecule has 1 aromatic rings. The summed E-state index contributed by atoms with van der Waals surface area (Å²) < 4.78 is 0. The van der Waals surface area contributed by atoms with Gasteiger partial charge in [0, 0.05) is 12.6 Å². The SMILES string of the molecule is O=C(O)C1CCC(NC(=O)C2CCCN2C(=O)c2ccccc2O)CC1. The third kappa shape index (κ3) is 3.81. The summed E-state index contributed by atoms with van der Waals surface area (Å²) in [6.45, 7) is 0.483. The predicted molar refractivity (Wildman–Crippen MR) is 93.7 cm³/mol. The zero-order valence-corrected chi connectivity index (χ0v) is 14.6. The van der Waals surface area contributed by atoms with Gasteiger partial charge in [0.25, 0.3) is 5.91 Å². The highest BCUT2D eigenvalue weighted by Crippen LogP contribution is 2.27. The molecule has 140 valence electrons. The number of para-hydroxylation sites is 1. The molecule has 7 heteroatoms. The number of aromatic hydroxyl groups is 1. The van der Waals surface area contributed by atoms with Gasteiger partial charge < -0.3 is 20.4 Å². The van der Waals surface area contributed by atoms with Crippen LogP contribution in [0.2, 0.25) is 0 Å². The molecule has 3 N–H and O–H groups in total. The van der Waals surface area contributed by atoms with E-state index in [9.17, 15) is 19.5 Å². The molecule has 3 rings (SSSR count). The first kappa shape index (κ1) is 18.2. The number of carbonyl (C=O) groups is 3. The quantitative estimate of drug-likeness (QED) is 0.758. The highest BCUT2D eigenvalue weighted by atomic mass is 16.4. The van der Waals surface area contributed by atoms with E-state index >= 15 is 0 Å². The smallest absolute Gasteiger partial charge is 0.306 e. The van der Waals surface area contributed by atoms with Crippen molar-refractivity contribution in [1.29, 1.82) is 0 Å². The number of hydrogen-bond donors (Lipinski definition) is 3. The molecule has 1 heterocycles. The minimum absolute atomic E-state index is 0.0409.